The van der Waals surface area contributed by atoms with Gasteiger partial charge in [-0.05, 0) is 35.6 Å². The molecule has 3 nitrogen and oxygen atoms in total. The molecule has 114 valence electrons. The SMILES string of the molecule is COCCNCc1ccc(N(C)Cc2cccs2)c(C)c1. The van der Waals surface area contributed by atoms with Crippen LogP contribution in [0.2, 0.25) is 0 Å². The van der Waals surface area contributed by atoms with Crippen molar-refractivity contribution < 1.29 is 4.74 Å². The topological polar surface area (TPSA) is 24.5 Å². The highest BCUT2D eigenvalue weighted by atomic mass is 32.1. The molecular formula is C17H24N2OS. The van der Waals surface area contributed by atoms with Crippen molar-refractivity contribution in [1.82, 2.24) is 5.32 Å². The van der Waals surface area contributed by atoms with Crippen molar-refractivity contribution in [3.8, 4) is 0 Å². The van der Waals surface area contributed by atoms with Crippen LogP contribution >= 0.6 is 11.3 Å². The quantitative estimate of drug-likeness (QED) is 0.756. The van der Waals surface area contributed by atoms with E-state index in [4.69, 9.17) is 4.74 Å². The number of anilines is 1. The second-order valence-electron chi connectivity index (χ2n) is 5.23. The van der Waals surface area contributed by atoms with Gasteiger partial charge in [0.05, 0.1) is 13.2 Å². The summed E-state index contributed by atoms with van der Waals surface area (Å²) in [4.78, 5) is 3.70. The van der Waals surface area contributed by atoms with Crippen LogP contribution in [-0.2, 0) is 17.8 Å². The number of hydrogen-bond acceptors (Lipinski definition) is 4. The number of aryl methyl sites for hydroxylation is 1. The first-order chi connectivity index (χ1) is 10.2. The normalized spacial score (nSPS) is 10.8. The second kappa shape index (κ2) is 8.17. The lowest BCUT2D eigenvalue weighted by Gasteiger charge is -2.21. The van der Waals surface area contributed by atoms with Crippen molar-refractivity contribution in [1.29, 1.82) is 0 Å². The minimum Gasteiger partial charge on any atom is -0.383 e. The summed E-state index contributed by atoms with van der Waals surface area (Å²) >= 11 is 1.81. The first-order valence-corrected chi connectivity index (χ1v) is 8.11. The summed E-state index contributed by atoms with van der Waals surface area (Å²) in [5.41, 5.74) is 3.93. The molecule has 1 N–H and O–H groups in total. The molecule has 0 spiro atoms. The van der Waals surface area contributed by atoms with E-state index in [0.29, 0.717) is 0 Å². The van der Waals surface area contributed by atoms with Gasteiger partial charge in [0.1, 0.15) is 0 Å². The lowest BCUT2D eigenvalue weighted by molar-refractivity contribution is 0.199. The number of benzene rings is 1. The van der Waals surface area contributed by atoms with E-state index in [2.05, 4.69) is 59.9 Å². The van der Waals surface area contributed by atoms with Crippen LogP contribution in [-0.4, -0.2) is 27.3 Å². The van der Waals surface area contributed by atoms with Crippen LogP contribution in [0, 0.1) is 6.92 Å². The molecule has 0 fully saturated rings. The van der Waals surface area contributed by atoms with E-state index in [1.807, 2.05) is 11.3 Å². The monoisotopic (exact) mass is 304 g/mol. The highest BCUT2D eigenvalue weighted by Gasteiger charge is 2.07. The Morgan fingerprint density at radius 1 is 1.29 bits per heavy atom. The van der Waals surface area contributed by atoms with Gasteiger partial charge in [-0.1, -0.05) is 18.2 Å². The lowest BCUT2D eigenvalue weighted by Crippen LogP contribution is -2.19. The van der Waals surface area contributed by atoms with E-state index in [0.717, 1.165) is 26.2 Å². The Balaban J connectivity index is 1.94. The molecule has 0 radical (unpaired) electrons. The standard InChI is InChI=1S/C17H24N2OS/c1-14-11-15(12-18-8-9-20-3)6-7-17(14)19(2)13-16-5-4-10-21-16/h4-7,10-11,18H,8-9,12-13H2,1-3H3. The van der Waals surface area contributed by atoms with Crippen LogP contribution < -0.4 is 10.2 Å². The van der Waals surface area contributed by atoms with Gasteiger partial charge < -0.3 is 15.0 Å². The van der Waals surface area contributed by atoms with E-state index in [1.54, 1.807) is 7.11 Å². The Hall–Kier alpha value is -1.36. The van der Waals surface area contributed by atoms with Crippen molar-refractivity contribution in [2.75, 3.05) is 32.2 Å². The molecule has 1 heterocycles. The summed E-state index contributed by atoms with van der Waals surface area (Å²) in [7, 11) is 3.88. The minimum absolute atomic E-state index is 0.751. The van der Waals surface area contributed by atoms with E-state index < -0.39 is 0 Å². The minimum atomic E-state index is 0.751. The number of nitrogens with one attached hydrogen (secondary N) is 1. The molecule has 4 heteroatoms. The molecule has 2 rings (SSSR count). The van der Waals surface area contributed by atoms with Gasteiger partial charge in [0.2, 0.25) is 0 Å². The molecule has 0 saturated carbocycles. The Morgan fingerprint density at radius 3 is 2.81 bits per heavy atom. The molecule has 21 heavy (non-hydrogen) atoms. The number of rotatable bonds is 8. The molecule has 2 aromatic rings. The number of thiophene rings is 1. The first kappa shape index (κ1) is 16.0. The second-order valence-corrected chi connectivity index (χ2v) is 6.26. The highest BCUT2D eigenvalue weighted by molar-refractivity contribution is 7.09. The molecular weight excluding hydrogens is 280 g/mol. The predicted molar refractivity (Wildman–Crippen MR) is 91.2 cm³/mol. The molecule has 0 unspecified atom stereocenters. The maximum atomic E-state index is 5.04. The number of nitrogens with zero attached hydrogens (tertiary/aromatic N) is 1. The molecule has 0 amide bonds. The summed E-state index contributed by atoms with van der Waals surface area (Å²) in [6, 6.07) is 11.0. The van der Waals surface area contributed by atoms with Crippen molar-refractivity contribution in [3.05, 3.63) is 51.7 Å². The molecule has 0 atom stereocenters. The van der Waals surface area contributed by atoms with Gasteiger partial charge in [-0.25, -0.2) is 0 Å². The summed E-state index contributed by atoms with van der Waals surface area (Å²) in [5, 5.41) is 5.51. The number of ether oxygens (including phenoxy) is 1. The van der Waals surface area contributed by atoms with Crippen LogP contribution in [0.5, 0.6) is 0 Å². The molecule has 1 aromatic heterocycles. The maximum absolute atomic E-state index is 5.04. The van der Waals surface area contributed by atoms with Crippen LogP contribution in [0.1, 0.15) is 16.0 Å². The van der Waals surface area contributed by atoms with E-state index in [-0.39, 0.29) is 0 Å². The summed E-state index contributed by atoms with van der Waals surface area (Å²) in [6.45, 7) is 5.66. The van der Waals surface area contributed by atoms with Crippen molar-refractivity contribution >= 4 is 17.0 Å². The van der Waals surface area contributed by atoms with Gasteiger partial charge in [0.15, 0.2) is 0 Å². The van der Waals surface area contributed by atoms with Crippen molar-refractivity contribution in [2.45, 2.75) is 20.0 Å². The summed E-state index contributed by atoms with van der Waals surface area (Å²) in [5.74, 6) is 0. The number of hydrogen-bond donors (Lipinski definition) is 1. The van der Waals surface area contributed by atoms with Gasteiger partial charge in [-0.15, -0.1) is 11.3 Å². The van der Waals surface area contributed by atoms with Crippen molar-refractivity contribution in [3.63, 3.8) is 0 Å². The third-order valence-corrected chi connectivity index (χ3v) is 4.32. The van der Waals surface area contributed by atoms with E-state index >= 15 is 0 Å². The Kier molecular flexibility index (Phi) is 6.23. The zero-order chi connectivity index (χ0) is 15.1. The van der Waals surface area contributed by atoms with Crippen molar-refractivity contribution in [2.24, 2.45) is 0 Å². The highest BCUT2D eigenvalue weighted by Crippen LogP contribution is 2.23. The zero-order valence-electron chi connectivity index (χ0n) is 13.1. The molecule has 1 aromatic carbocycles. The van der Waals surface area contributed by atoms with Crippen LogP contribution in [0.3, 0.4) is 0 Å². The fourth-order valence-corrected chi connectivity index (χ4v) is 3.14. The smallest absolute Gasteiger partial charge is 0.0587 e. The Labute approximate surface area is 131 Å². The van der Waals surface area contributed by atoms with Gasteiger partial charge in [0.25, 0.3) is 0 Å². The summed E-state index contributed by atoms with van der Waals surface area (Å²) in [6.07, 6.45) is 0. The average molecular weight is 304 g/mol. The largest absolute Gasteiger partial charge is 0.383 e. The third-order valence-electron chi connectivity index (χ3n) is 3.46. The Morgan fingerprint density at radius 2 is 2.14 bits per heavy atom. The van der Waals surface area contributed by atoms with E-state index in [1.165, 1.54) is 21.7 Å². The third kappa shape index (κ3) is 4.84. The summed E-state index contributed by atoms with van der Waals surface area (Å²) < 4.78 is 5.04. The molecule has 0 bridgehead atoms. The molecule has 0 saturated heterocycles. The molecule has 0 aliphatic heterocycles. The fourth-order valence-electron chi connectivity index (χ4n) is 2.38. The lowest BCUT2D eigenvalue weighted by atomic mass is 10.1. The van der Waals surface area contributed by atoms with Gasteiger partial charge >= 0.3 is 0 Å². The first-order valence-electron chi connectivity index (χ1n) is 7.23. The van der Waals surface area contributed by atoms with Crippen LogP contribution in [0.25, 0.3) is 0 Å². The van der Waals surface area contributed by atoms with E-state index in [9.17, 15) is 0 Å². The average Bonchev–Trinajstić information content (AvgIpc) is 2.96. The van der Waals surface area contributed by atoms with Crippen LogP contribution in [0.4, 0.5) is 5.69 Å². The van der Waals surface area contributed by atoms with Gasteiger partial charge in [-0.3, -0.25) is 0 Å². The molecule has 0 aliphatic rings. The Bertz CT molecular complexity index is 540. The fraction of sp³-hybridized carbons (Fsp3) is 0.412. The molecule has 0 aliphatic carbocycles. The number of methoxy groups -OCH3 is 1. The van der Waals surface area contributed by atoms with Crippen LogP contribution in [0.15, 0.2) is 35.7 Å². The van der Waals surface area contributed by atoms with Gasteiger partial charge in [0, 0.05) is 37.8 Å². The maximum Gasteiger partial charge on any atom is 0.0587 e. The predicted octanol–water partition coefficient (Wildman–Crippen LogP) is 3.43. The zero-order valence-corrected chi connectivity index (χ0v) is 13.9. The van der Waals surface area contributed by atoms with Gasteiger partial charge in [-0.2, -0.15) is 0 Å².